The second-order valence-electron chi connectivity index (χ2n) is 0. The van der Waals surface area contributed by atoms with Gasteiger partial charge in [0.2, 0.25) is 0 Å². The molecular formula is CCaKMgNP. The Bertz CT molecular complexity index is 15.5. The molecule has 0 atom stereocenters. The molecule has 15 radical (unpaired) electrons. The summed E-state index contributed by atoms with van der Waals surface area (Å²) in [7, 11) is 0. The fourth-order valence-electron chi connectivity index (χ4n) is 0. The fraction of sp³-hybridized carbons (Fsp3) is 0. The minimum absolute atomic E-state index is 0. The van der Waals surface area contributed by atoms with Crippen LogP contribution in [0.3, 0.4) is 0 Å². The van der Waals surface area contributed by atoms with E-state index in [1.165, 1.54) is 0 Å². The Hall–Kier alpha value is 4.05. The molecule has 0 saturated carbocycles. The van der Waals surface area contributed by atoms with Crippen LogP contribution >= 0.6 is 9.90 Å². The molecule has 0 saturated heterocycles. The Kier molecular flexibility index (Phi) is 299. The number of rotatable bonds is 0. The minimum atomic E-state index is 0. The van der Waals surface area contributed by atoms with Gasteiger partial charge in [-0.25, -0.2) is 0 Å². The Morgan fingerprint density at radius 1 is 1.00 bits per heavy atom. The number of hydrogen-bond donors (Lipinski definition) is 0. The van der Waals surface area contributed by atoms with Gasteiger partial charge in [-0.3, -0.25) is 0 Å². The molecule has 0 aromatic carbocycles. The van der Waals surface area contributed by atoms with Crippen molar-refractivity contribution in [3.8, 4) is 0 Å². The fourth-order valence-corrected chi connectivity index (χ4v) is 0. The van der Waals surface area contributed by atoms with Crippen LogP contribution in [0.15, 0.2) is 0 Å². The van der Waals surface area contributed by atoms with Gasteiger partial charge in [-0.1, -0.05) is 0 Å². The largest absolute Gasteiger partial charge is 0 e. The van der Waals surface area contributed by atoms with Crippen molar-refractivity contribution in [1.82, 2.24) is 6.15 Å². The average Bonchev–Trinajstić information content (AvgIpc) is 0. The standard InChI is InChI=1S/C.Ca.K.Mg.N.P. The van der Waals surface area contributed by atoms with Crippen molar-refractivity contribution >= 4 is 122 Å². The van der Waals surface area contributed by atoms with E-state index in [1.54, 1.807) is 0 Å². The number of hydrogen-bond acceptors (Lipinski definition) is 0. The first-order chi connectivity index (χ1) is 0. The van der Waals surface area contributed by atoms with E-state index in [0.29, 0.717) is 0 Å². The van der Waals surface area contributed by atoms with Crippen LogP contribution in [-0.4, -0.2) is 112 Å². The molecule has 0 unspecified atom stereocenters. The molecule has 0 amide bonds. The van der Waals surface area contributed by atoms with Gasteiger partial charge in [0.05, 0.1) is 0 Å². The molecule has 0 aliphatic carbocycles. The van der Waals surface area contributed by atoms with E-state index in [2.05, 4.69) is 0 Å². The molecule has 5 heteroatoms. The monoisotopic (exact) mass is 160 g/mol. The molecule has 0 aromatic heterocycles. The van der Waals surface area contributed by atoms with Crippen LogP contribution in [-0.2, 0) is 0 Å². The van der Waals surface area contributed by atoms with Gasteiger partial charge < -0.3 is 0 Å². The SMILES string of the molecule is [C].[Ca].[K].[Mg].[N].[P]. The summed E-state index contributed by atoms with van der Waals surface area (Å²) in [5.41, 5.74) is 0. The van der Waals surface area contributed by atoms with Gasteiger partial charge in [-0.05, 0) is 0 Å². The molecule has 0 aliphatic heterocycles. The summed E-state index contributed by atoms with van der Waals surface area (Å²) >= 11 is 0. The van der Waals surface area contributed by atoms with E-state index in [1.807, 2.05) is 0 Å². The van der Waals surface area contributed by atoms with Crippen LogP contribution in [0, 0.1) is 7.43 Å². The molecule has 0 heterocycles. The molecule has 0 fully saturated rings. The van der Waals surface area contributed by atoms with E-state index in [0.717, 1.165) is 0 Å². The maximum absolute atomic E-state index is 0. The Morgan fingerprint density at radius 2 is 1.00 bits per heavy atom. The van der Waals surface area contributed by atoms with Gasteiger partial charge in [-0.2, -0.15) is 0 Å². The maximum Gasteiger partial charge on any atom is 0 e. The predicted octanol–water partition coefficient (Wildman–Crippen LogP) is -0.681. The van der Waals surface area contributed by atoms with E-state index in [4.69, 9.17) is 0 Å². The molecule has 0 N–H and O–H groups in total. The van der Waals surface area contributed by atoms with Crippen molar-refractivity contribution in [2.75, 3.05) is 0 Å². The summed E-state index contributed by atoms with van der Waals surface area (Å²) in [5, 5.41) is 0. The van der Waals surface area contributed by atoms with Crippen molar-refractivity contribution in [3.05, 3.63) is 7.43 Å². The van der Waals surface area contributed by atoms with Crippen LogP contribution in [0.2, 0.25) is 0 Å². The summed E-state index contributed by atoms with van der Waals surface area (Å²) in [6, 6.07) is 0. The molecular weight excluding hydrogens is 160 g/mol. The quantitative estimate of drug-likeness (QED) is 0.332. The third-order valence-electron chi connectivity index (χ3n) is 0. The van der Waals surface area contributed by atoms with Gasteiger partial charge in [0.15, 0.2) is 0 Å². The van der Waals surface area contributed by atoms with E-state index >= 15 is 0 Å². The summed E-state index contributed by atoms with van der Waals surface area (Å²) in [6.45, 7) is 0. The second-order valence-corrected chi connectivity index (χ2v) is 0. The molecule has 0 aromatic rings. The van der Waals surface area contributed by atoms with Crippen LogP contribution in [0.5, 0.6) is 0 Å². The van der Waals surface area contributed by atoms with Crippen molar-refractivity contribution in [1.29, 1.82) is 0 Å². The topological polar surface area (TPSA) is 30.5 Å². The minimum Gasteiger partial charge on any atom is 0 e. The first-order valence-electron chi connectivity index (χ1n) is 0. The van der Waals surface area contributed by atoms with Crippen LogP contribution in [0.25, 0.3) is 0 Å². The predicted molar refractivity (Wildman–Crippen MR) is 29.6 cm³/mol. The van der Waals surface area contributed by atoms with Crippen LogP contribution < -0.4 is 6.15 Å². The Balaban J connectivity index is 0. The summed E-state index contributed by atoms with van der Waals surface area (Å²) < 4.78 is 0. The Labute approximate surface area is 132 Å². The zero-order valence-corrected chi connectivity index (χ0v) is 11.4. The van der Waals surface area contributed by atoms with Gasteiger partial charge in [0, 0.05) is 136 Å². The zero-order chi connectivity index (χ0) is 0. The first-order valence-corrected chi connectivity index (χ1v) is 0. The van der Waals surface area contributed by atoms with Gasteiger partial charge in [0.1, 0.15) is 0 Å². The maximum atomic E-state index is 0. The molecule has 0 aliphatic rings. The van der Waals surface area contributed by atoms with Crippen molar-refractivity contribution < 1.29 is 0 Å². The molecule has 19 valence electrons. The Morgan fingerprint density at radius 3 is 1.00 bits per heavy atom. The summed E-state index contributed by atoms with van der Waals surface area (Å²) in [6.07, 6.45) is 0. The normalized spacial score (nSPS) is 0. The molecule has 0 bridgehead atoms. The van der Waals surface area contributed by atoms with E-state index in [-0.39, 0.29) is 136 Å². The summed E-state index contributed by atoms with van der Waals surface area (Å²) in [5.74, 6) is 0. The van der Waals surface area contributed by atoms with E-state index in [9.17, 15) is 0 Å². The van der Waals surface area contributed by atoms with E-state index < -0.39 is 0 Å². The second kappa shape index (κ2) is 35.7. The number of nitrogens with zero attached hydrogens (tertiary/aromatic N) is 1. The van der Waals surface area contributed by atoms with Crippen molar-refractivity contribution in [3.63, 3.8) is 0 Å². The molecule has 1 nitrogen and oxygen atoms in total. The third kappa shape index (κ3) is 24.4. The smallest absolute Gasteiger partial charge is 0 e. The van der Waals surface area contributed by atoms with Crippen molar-refractivity contribution in [2.45, 2.75) is 0 Å². The van der Waals surface area contributed by atoms with Gasteiger partial charge in [-0.15, -0.1) is 0 Å². The van der Waals surface area contributed by atoms with Crippen LogP contribution in [0.4, 0.5) is 0 Å². The zero-order valence-electron chi connectivity index (χ0n) is 3.81. The van der Waals surface area contributed by atoms with Crippen molar-refractivity contribution in [2.24, 2.45) is 0 Å². The van der Waals surface area contributed by atoms with Gasteiger partial charge >= 0.3 is 0 Å². The molecule has 0 rings (SSSR count). The average molecular weight is 160 g/mol. The summed E-state index contributed by atoms with van der Waals surface area (Å²) in [4.78, 5) is 0. The van der Waals surface area contributed by atoms with Crippen LogP contribution in [0.1, 0.15) is 0 Å². The molecule has 6 heavy (non-hydrogen) atoms. The first kappa shape index (κ1) is 50.2. The van der Waals surface area contributed by atoms with Gasteiger partial charge in [0.25, 0.3) is 0 Å². The molecule has 0 spiro atoms. The third-order valence-corrected chi connectivity index (χ3v) is 0.